The van der Waals surface area contributed by atoms with Gasteiger partial charge in [0.05, 0.1) is 0 Å². The van der Waals surface area contributed by atoms with Gasteiger partial charge in [-0.05, 0) is 12.1 Å². The van der Waals surface area contributed by atoms with Crippen molar-refractivity contribution in [2.24, 2.45) is 0 Å². The fourth-order valence-electron chi connectivity index (χ4n) is 3.20. The summed E-state index contributed by atoms with van der Waals surface area (Å²) in [4.78, 5) is 19.5. The van der Waals surface area contributed by atoms with Crippen molar-refractivity contribution >= 4 is 11.7 Å². The Kier molecular flexibility index (Phi) is 4.62. The number of rotatable bonds is 3. The number of ether oxygens (including phenoxy) is 2. The van der Waals surface area contributed by atoms with Gasteiger partial charge in [0.1, 0.15) is 0 Å². The highest BCUT2D eigenvalue weighted by Gasteiger charge is 2.44. The quantitative estimate of drug-likeness (QED) is 0.811. The predicted octanol–water partition coefficient (Wildman–Crippen LogP) is 2.57. The third-order valence-electron chi connectivity index (χ3n) is 4.58. The number of nitrogens with one attached hydrogen (secondary N) is 1. The summed E-state index contributed by atoms with van der Waals surface area (Å²) in [5.74, 6) is -0.683. The fourth-order valence-corrected chi connectivity index (χ4v) is 3.20. The van der Waals surface area contributed by atoms with Crippen molar-refractivity contribution in [3.05, 3.63) is 48.0 Å². The summed E-state index contributed by atoms with van der Waals surface area (Å²) >= 11 is 0. The van der Waals surface area contributed by atoms with Gasteiger partial charge in [-0.15, -0.1) is 8.78 Å². The number of carbonyl (C=O) groups is 1. The van der Waals surface area contributed by atoms with Crippen LogP contribution < -0.4 is 19.7 Å². The molecule has 3 heterocycles. The molecule has 28 heavy (non-hydrogen) atoms. The van der Waals surface area contributed by atoms with Gasteiger partial charge in [0.2, 0.25) is 5.95 Å². The molecule has 0 aliphatic carbocycles. The highest BCUT2D eigenvalue weighted by atomic mass is 19.3. The molecule has 2 aromatic rings. The molecule has 0 spiro atoms. The second-order valence-corrected chi connectivity index (χ2v) is 6.38. The Labute approximate surface area is 158 Å². The van der Waals surface area contributed by atoms with Crippen LogP contribution in [0.3, 0.4) is 0 Å². The molecule has 1 fully saturated rings. The highest BCUT2D eigenvalue weighted by molar-refractivity contribution is 5.74. The van der Waals surface area contributed by atoms with E-state index in [9.17, 15) is 18.0 Å². The van der Waals surface area contributed by atoms with Crippen LogP contribution in [0, 0.1) is 5.95 Å². The molecule has 0 unspecified atom stereocenters. The normalized spacial score (nSPS) is 17.5. The summed E-state index contributed by atoms with van der Waals surface area (Å²) in [5.41, 5.74) is 1.11. The predicted molar refractivity (Wildman–Crippen MR) is 92.9 cm³/mol. The van der Waals surface area contributed by atoms with Crippen molar-refractivity contribution in [1.29, 1.82) is 0 Å². The SMILES string of the molecule is O=C(NCc1cccc2c1OC(F)(F)O2)N1CCN(c2ccnc(F)c2)CC1. The second-order valence-electron chi connectivity index (χ2n) is 6.38. The van der Waals surface area contributed by atoms with Crippen LogP contribution in [0.5, 0.6) is 11.5 Å². The first-order chi connectivity index (χ1) is 13.4. The number of hydrogen-bond donors (Lipinski definition) is 1. The first-order valence-corrected chi connectivity index (χ1v) is 8.68. The van der Waals surface area contributed by atoms with Crippen LogP contribution in [0.1, 0.15) is 5.56 Å². The first kappa shape index (κ1) is 18.2. The van der Waals surface area contributed by atoms with Gasteiger partial charge in [0.15, 0.2) is 11.5 Å². The molecule has 1 aromatic carbocycles. The summed E-state index contributed by atoms with van der Waals surface area (Å²) in [6.07, 6.45) is -2.30. The molecule has 0 radical (unpaired) electrons. The standard InChI is InChI=1S/C18H17F3N4O3/c19-15-10-13(4-5-22-15)24-6-8-25(9-7-24)17(26)23-11-12-2-1-3-14-16(12)28-18(20,21)27-14/h1-5,10H,6-9,11H2,(H,23,26). The van der Waals surface area contributed by atoms with Crippen LogP contribution in [-0.4, -0.2) is 48.4 Å². The van der Waals surface area contributed by atoms with Crippen LogP contribution in [0.15, 0.2) is 36.5 Å². The van der Waals surface area contributed by atoms with Crippen LogP contribution in [0.4, 0.5) is 23.7 Å². The number of amides is 2. The van der Waals surface area contributed by atoms with E-state index in [-0.39, 0.29) is 24.1 Å². The Morgan fingerprint density at radius 1 is 1.18 bits per heavy atom. The minimum atomic E-state index is -3.70. The minimum absolute atomic E-state index is 0.0250. The lowest BCUT2D eigenvalue weighted by molar-refractivity contribution is -0.286. The summed E-state index contributed by atoms with van der Waals surface area (Å²) in [5, 5.41) is 2.71. The number of nitrogens with zero attached hydrogens (tertiary/aromatic N) is 3. The van der Waals surface area contributed by atoms with Crippen LogP contribution >= 0.6 is 0 Å². The van der Waals surface area contributed by atoms with E-state index in [1.165, 1.54) is 18.3 Å². The number of pyridine rings is 1. The van der Waals surface area contributed by atoms with Crippen molar-refractivity contribution < 1.29 is 27.4 Å². The van der Waals surface area contributed by atoms with Crippen molar-refractivity contribution in [2.45, 2.75) is 12.8 Å². The lowest BCUT2D eigenvalue weighted by atomic mass is 10.2. The average molecular weight is 394 g/mol. The van der Waals surface area contributed by atoms with Crippen molar-refractivity contribution in [1.82, 2.24) is 15.2 Å². The molecule has 2 aliphatic heterocycles. The van der Waals surface area contributed by atoms with E-state index >= 15 is 0 Å². The van der Waals surface area contributed by atoms with E-state index in [1.807, 2.05) is 4.90 Å². The summed E-state index contributed by atoms with van der Waals surface area (Å²) in [7, 11) is 0. The minimum Gasteiger partial charge on any atom is -0.395 e. The number of carbonyl (C=O) groups excluding carboxylic acids is 1. The molecule has 1 aromatic heterocycles. The lowest BCUT2D eigenvalue weighted by Crippen LogP contribution is -2.51. The van der Waals surface area contributed by atoms with Crippen LogP contribution in [-0.2, 0) is 6.54 Å². The molecule has 0 saturated carbocycles. The molecule has 2 aliphatic rings. The third-order valence-corrected chi connectivity index (χ3v) is 4.58. The summed E-state index contributed by atoms with van der Waals surface area (Å²) < 4.78 is 48.6. The molecule has 7 nitrogen and oxygen atoms in total. The zero-order chi connectivity index (χ0) is 19.7. The van der Waals surface area contributed by atoms with Gasteiger partial charge in [-0.2, -0.15) is 4.39 Å². The van der Waals surface area contributed by atoms with Crippen molar-refractivity contribution in [2.75, 3.05) is 31.1 Å². The zero-order valence-electron chi connectivity index (χ0n) is 14.7. The van der Waals surface area contributed by atoms with Crippen LogP contribution in [0.25, 0.3) is 0 Å². The maximum Gasteiger partial charge on any atom is 0.586 e. The number of alkyl halides is 2. The molecule has 2 amide bonds. The maximum absolute atomic E-state index is 13.3. The van der Waals surface area contributed by atoms with E-state index in [4.69, 9.17) is 0 Å². The largest absolute Gasteiger partial charge is 0.586 e. The highest BCUT2D eigenvalue weighted by Crippen LogP contribution is 2.43. The molecule has 0 atom stereocenters. The van der Waals surface area contributed by atoms with Gasteiger partial charge in [0.25, 0.3) is 0 Å². The Bertz CT molecular complexity index is 888. The molecular weight excluding hydrogens is 377 g/mol. The Morgan fingerprint density at radius 2 is 1.96 bits per heavy atom. The number of halogens is 3. The molecule has 1 saturated heterocycles. The van der Waals surface area contributed by atoms with Gasteiger partial charge in [-0.1, -0.05) is 12.1 Å². The second kappa shape index (κ2) is 7.10. The average Bonchev–Trinajstić information content (AvgIpc) is 3.00. The number of benzene rings is 1. The number of urea groups is 1. The lowest BCUT2D eigenvalue weighted by Gasteiger charge is -2.36. The van der Waals surface area contributed by atoms with Gasteiger partial charge >= 0.3 is 12.3 Å². The summed E-state index contributed by atoms with van der Waals surface area (Å²) in [6.45, 7) is 2.00. The summed E-state index contributed by atoms with van der Waals surface area (Å²) in [6, 6.07) is 7.26. The third kappa shape index (κ3) is 3.75. The number of aromatic nitrogens is 1. The topological polar surface area (TPSA) is 66.9 Å². The number of piperazine rings is 1. The Morgan fingerprint density at radius 3 is 2.71 bits per heavy atom. The number of hydrogen-bond acceptors (Lipinski definition) is 5. The Balaban J connectivity index is 1.32. The maximum atomic E-state index is 13.3. The molecule has 1 N–H and O–H groups in total. The van der Waals surface area contributed by atoms with E-state index in [2.05, 4.69) is 19.8 Å². The molecule has 4 rings (SSSR count). The number of para-hydroxylation sites is 1. The van der Waals surface area contributed by atoms with Gasteiger partial charge in [0, 0.05) is 56.2 Å². The van der Waals surface area contributed by atoms with E-state index in [1.54, 1.807) is 23.1 Å². The zero-order valence-corrected chi connectivity index (χ0v) is 14.7. The fraction of sp³-hybridized carbons (Fsp3) is 0.333. The van der Waals surface area contributed by atoms with E-state index < -0.39 is 12.2 Å². The number of anilines is 1. The van der Waals surface area contributed by atoms with Crippen molar-refractivity contribution in [3.8, 4) is 11.5 Å². The molecular formula is C18H17F3N4O3. The molecule has 0 bridgehead atoms. The van der Waals surface area contributed by atoms with Gasteiger partial charge in [-0.25, -0.2) is 9.78 Å². The van der Waals surface area contributed by atoms with Gasteiger partial charge < -0.3 is 24.6 Å². The monoisotopic (exact) mass is 394 g/mol. The molecule has 148 valence electrons. The smallest absolute Gasteiger partial charge is 0.395 e. The van der Waals surface area contributed by atoms with Crippen LogP contribution in [0.2, 0.25) is 0 Å². The molecule has 10 heteroatoms. The number of fused-ring (bicyclic) bond motifs is 1. The van der Waals surface area contributed by atoms with E-state index in [0.29, 0.717) is 37.4 Å². The first-order valence-electron chi connectivity index (χ1n) is 8.68. The van der Waals surface area contributed by atoms with Crippen molar-refractivity contribution in [3.63, 3.8) is 0 Å². The van der Waals surface area contributed by atoms with E-state index in [0.717, 1.165) is 0 Å². The Hall–Kier alpha value is -3.17. The van der Waals surface area contributed by atoms with Gasteiger partial charge in [-0.3, -0.25) is 0 Å².